The minimum atomic E-state index is -0.376. The largest absolute Gasteiger partial charge is 0.325 e. The third-order valence-corrected chi connectivity index (χ3v) is 4.61. The van der Waals surface area contributed by atoms with Gasteiger partial charge in [0.25, 0.3) is 0 Å². The van der Waals surface area contributed by atoms with E-state index < -0.39 is 0 Å². The summed E-state index contributed by atoms with van der Waals surface area (Å²) in [6.07, 6.45) is 0. The highest BCUT2D eigenvalue weighted by Crippen LogP contribution is 2.29. The maximum atomic E-state index is 13.0. The van der Waals surface area contributed by atoms with Crippen LogP contribution in [0.1, 0.15) is 0 Å². The molecule has 130 valence electrons. The summed E-state index contributed by atoms with van der Waals surface area (Å²) in [7, 11) is 0. The van der Waals surface area contributed by atoms with E-state index in [1.165, 1.54) is 34.1 Å². The van der Waals surface area contributed by atoms with E-state index in [9.17, 15) is 14.0 Å². The van der Waals surface area contributed by atoms with Crippen molar-refractivity contribution >= 4 is 46.5 Å². The summed E-state index contributed by atoms with van der Waals surface area (Å²) in [5.74, 6) is -0.747. The van der Waals surface area contributed by atoms with Crippen LogP contribution < -0.4 is 10.2 Å². The molecule has 0 spiro atoms. The molecule has 1 fully saturated rings. The Balaban J connectivity index is 1.63. The second kappa shape index (κ2) is 7.29. The zero-order valence-corrected chi connectivity index (χ0v) is 14.5. The fraction of sp³-hybridized carbons (Fsp3) is 0.176. The summed E-state index contributed by atoms with van der Waals surface area (Å²) in [6, 6.07) is 10.2. The first-order valence-electron chi connectivity index (χ1n) is 7.51. The number of nitrogens with one attached hydrogen (secondary N) is 1. The molecule has 1 aliphatic heterocycles. The van der Waals surface area contributed by atoms with E-state index >= 15 is 0 Å². The number of anilines is 2. The molecular weight excluding hydrogens is 368 g/mol. The van der Waals surface area contributed by atoms with E-state index in [-0.39, 0.29) is 29.3 Å². The van der Waals surface area contributed by atoms with Crippen LogP contribution in [-0.4, -0.2) is 36.5 Å². The fourth-order valence-electron chi connectivity index (χ4n) is 2.55. The molecule has 3 rings (SSSR count). The lowest BCUT2D eigenvalue weighted by molar-refractivity contribution is -0.116. The molecule has 0 atom stereocenters. The van der Waals surface area contributed by atoms with Gasteiger partial charge < -0.3 is 10.2 Å². The normalized spacial score (nSPS) is 14.1. The molecule has 1 saturated heterocycles. The Labute approximate surface area is 153 Å². The molecule has 0 bridgehead atoms. The van der Waals surface area contributed by atoms with Crippen LogP contribution >= 0.6 is 23.2 Å². The van der Waals surface area contributed by atoms with Gasteiger partial charge in [0.1, 0.15) is 12.4 Å². The predicted molar refractivity (Wildman–Crippen MR) is 95.8 cm³/mol. The number of halogens is 3. The Morgan fingerprint density at radius 1 is 1.12 bits per heavy atom. The van der Waals surface area contributed by atoms with Gasteiger partial charge in [-0.05, 0) is 36.4 Å². The highest BCUT2D eigenvalue weighted by Gasteiger charge is 2.30. The van der Waals surface area contributed by atoms with Gasteiger partial charge in [-0.1, -0.05) is 29.3 Å². The SMILES string of the molecule is O=C(CN1CCN(c2ccc(F)cc2)C1=O)Nc1cccc(Cl)c1Cl. The number of nitrogens with zero attached hydrogens (tertiary/aromatic N) is 2. The Hall–Kier alpha value is -2.31. The highest BCUT2D eigenvalue weighted by molar-refractivity contribution is 6.44. The standard InChI is InChI=1S/C17H14Cl2FN3O2/c18-13-2-1-3-14(16(13)19)21-15(24)10-22-8-9-23(17(22)25)12-6-4-11(20)5-7-12/h1-7H,8-10H2,(H,21,24). The van der Waals surface area contributed by atoms with Crippen molar-refractivity contribution in [2.24, 2.45) is 0 Å². The number of amides is 3. The minimum absolute atomic E-state index is 0.112. The van der Waals surface area contributed by atoms with E-state index in [4.69, 9.17) is 23.2 Å². The molecule has 8 heteroatoms. The molecule has 1 N–H and O–H groups in total. The Morgan fingerprint density at radius 2 is 1.84 bits per heavy atom. The molecule has 0 radical (unpaired) electrons. The molecule has 1 heterocycles. The maximum Gasteiger partial charge on any atom is 0.325 e. The van der Waals surface area contributed by atoms with Crippen molar-refractivity contribution in [2.45, 2.75) is 0 Å². The molecule has 0 unspecified atom stereocenters. The zero-order chi connectivity index (χ0) is 18.0. The Kier molecular flexibility index (Phi) is 5.11. The second-order valence-corrected chi connectivity index (χ2v) is 6.27. The number of benzene rings is 2. The number of rotatable bonds is 4. The van der Waals surface area contributed by atoms with E-state index in [1.807, 2.05) is 0 Å². The average molecular weight is 382 g/mol. The van der Waals surface area contributed by atoms with Crippen molar-refractivity contribution in [3.8, 4) is 0 Å². The monoisotopic (exact) mass is 381 g/mol. The topological polar surface area (TPSA) is 52.7 Å². The number of hydrogen-bond donors (Lipinski definition) is 1. The quantitative estimate of drug-likeness (QED) is 0.869. The molecular formula is C17H14Cl2FN3O2. The van der Waals surface area contributed by atoms with Gasteiger partial charge in [-0.15, -0.1) is 0 Å². The lowest BCUT2D eigenvalue weighted by atomic mass is 10.3. The highest BCUT2D eigenvalue weighted by atomic mass is 35.5. The molecule has 0 saturated carbocycles. The van der Waals surface area contributed by atoms with Crippen molar-refractivity contribution in [3.05, 3.63) is 58.3 Å². The zero-order valence-electron chi connectivity index (χ0n) is 13.0. The van der Waals surface area contributed by atoms with Gasteiger partial charge in [-0.2, -0.15) is 0 Å². The first-order valence-corrected chi connectivity index (χ1v) is 8.27. The molecule has 1 aliphatic rings. The summed E-state index contributed by atoms with van der Waals surface area (Å²) < 4.78 is 13.0. The number of hydrogen-bond acceptors (Lipinski definition) is 2. The fourth-order valence-corrected chi connectivity index (χ4v) is 2.90. The number of carbonyl (C=O) groups excluding carboxylic acids is 2. The van der Waals surface area contributed by atoms with E-state index in [2.05, 4.69) is 5.32 Å². The smallest absolute Gasteiger partial charge is 0.323 e. The molecule has 2 aromatic carbocycles. The number of urea groups is 1. The lowest BCUT2D eigenvalue weighted by Gasteiger charge is -2.18. The molecule has 2 aromatic rings. The molecule has 5 nitrogen and oxygen atoms in total. The van der Waals surface area contributed by atoms with Crippen LogP contribution in [-0.2, 0) is 4.79 Å². The van der Waals surface area contributed by atoms with Crippen LogP contribution in [0.15, 0.2) is 42.5 Å². The van der Waals surface area contributed by atoms with Gasteiger partial charge in [0, 0.05) is 18.8 Å². The van der Waals surface area contributed by atoms with Crippen molar-refractivity contribution in [3.63, 3.8) is 0 Å². The van der Waals surface area contributed by atoms with Gasteiger partial charge in [0.2, 0.25) is 5.91 Å². The third kappa shape index (κ3) is 3.86. The second-order valence-electron chi connectivity index (χ2n) is 5.48. The van der Waals surface area contributed by atoms with E-state index in [0.29, 0.717) is 29.5 Å². The van der Waals surface area contributed by atoms with Gasteiger partial charge in [0.05, 0.1) is 15.7 Å². The van der Waals surface area contributed by atoms with Crippen molar-refractivity contribution in [1.82, 2.24) is 4.90 Å². The summed E-state index contributed by atoms with van der Waals surface area (Å²) in [6.45, 7) is 0.710. The van der Waals surface area contributed by atoms with Crippen LogP contribution in [0.3, 0.4) is 0 Å². The lowest BCUT2D eigenvalue weighted by Crippen LogP contribution is -2.37. The summed E-state index contributed by atoms with van der Waals surface area (Å²) >= 11 is 11.9. The van der Waals surface area contributed by atoms with Gasteiger partial charge in [-0.25, -0.2) is 9.18 Å². The summed E-state index contributed by atoms with van der Waals surface area (Å²) in [4.78, 5) is 27.5. The first kappa shape index (κ1) is 17.5. The average Bonchev–Trinajstić information content (AvgIpc) is 2.93. The van der Waals surface area contributed by atoms with Crippen molar-refractivity contribution in [2.75, 3.05) is 29.9 Å². The Morgan fingerprint density at radius 3 is 2.56 bits per heavy atom. The van der Waals surface area contributed by atoms with Crippen LogP contribution in [0.4, 0.5) is 20.6 Å². The van der Waals surface area contributed by atoms with E-state index in [1.54, 1.807) is 18.2 Å². The molecule has 3 amide bonds. The molecule has 0 aromatic heterocycles. The van der Waals surface area contributed by atoms with Gasteiger partial charge >= 0.3 is 6.03 Å². The molecule has 0 aliphatic carbocycles. The van der Waals surface area contributed by atoms with Crippen LogP contribution in [0.2, 0.25) is 10.0 Å². The summed E-state index contributed by atoms with van der Waals surface area (Å²) in [5, 5.41) is 3.22. The van der Waals surface area contributed by atoms with Crippen molar-refractivity contribution < 1.29 is 14.0 Å². The number of carbonyl (C=O) groups is 2. The minimum Gasteiger partial charge on any atom is -0.323 e. The van der Waals surface area contributed by atoms with Gasteiger partial charge in [-0.3, -0.25) is 9.69 Å². The van der Waals surface area contributed by atoms with E-state index in [0.717, 1.165) is 0 Å². The van der Waals surface area contributed by atoms with Crippen molar-refractivity contribution in [1.29, 1.82) is 0 Å². The van der Waals surface area contributed by atoms with Crippen LogP contribution in [0, 0.1) is 5.82 Å². The Bertz CT molecular complexity index is 814. The van der Waals surface area contributed by atoms with Gasteiger partial charge in [0.15, 0.2) is 0 Å². The third-order valence-electron chi connectivity index (χ3n) is 3.79. The summed E-state index contributed by atoms with van der Waals surface area (Å²) in [5.41, 5.74) is 0.980. The van der Waals surface area contributed by atoms with Crippen LogP contribution in [0.5, 0.6) is 0 Å². The first-order chi connectivity index (χ1) is 12.0. The maximum absolute atomic E-state index is 13.0. The predicted octanol–water partition coefficient (Wildman–Crippen LogP) is 4.01. The molecule has 25 heavy (non-hydrogen) atoms. The van der Waals surface area contributed by atoms with Crippen LogP contribution in [0.25, 0.3) is 0 Å².